The molecule has 0 aliphatic rings. The molecule has 1 aromatic rings. The van der Waals surface area contributed by atoms with Gasteiger partial charge in [0.2, 0.25) is 0 Å². The summed E-state index contributed by atoms with van der Waals surface area (Å²) in [4.78, 5) is 0. The van der Waals surface area contributed by atoms with Gasteiger partial charge < -0.3 is 4.74 Å². The first-order chi connectivity index (χ1) is 6.31. The van der Waals surface area contributed by atoms with Crippen LogP contribution in [0.2, 0.25) is 0 Å². The second-order valence-corrected chi connectivity index (χ2v) is 2.73. The summed E-state index contributed by atoms with van der Waals surface area (Å²) in [5, 5.41) is 8.84. The number of rotatable bonds is 3. The van der Waals surface area contributed by atoms with Crippen molar-refractivity contribution in [3.8, 4) is 11.8 Å². The van der Waals surface area contributed by atoms with E-state index in [2.05, 4.69) is 13.0 Å². The lowest BCUT2D eigenvalue weighted by Crippen LogP contribution is -1.95. The molecule has 1 rings (SSSR count). The Bertz CT molecular complexity index is 325. The average molecular weight is 175 g/mol. The molecule has 68 valence electrons. The number of ether oxygens (including phenoxy) is 1. The van der Waals surface area contributed by atoms with Gasteiger partial charge in [-0.15, -0.1) is 0 Å². The van der Waals surface area contributed by atoms with Crippen molar-refractivity contribution in [3.05, 3.63) is 29.3 Å². The molecule has 0 unspecified atom stereocenters. The maximum absolute atomic E-state index is 8.84. The zero-order chi connectivity index (χ0) is 9.68. The molecule has 13 heavy (non-hydrogen) atoms. The summed E-state index contributed by atoms with van der Waals surface area (Å²) in [6.07, 6.45) is 0.946. The van der Waals surface area contributed by atoms with E-state index in [9.17, 15) is 0 Å². The van der Waals surface area contributed by atoms with E-state index in [1.807, 2.05) is 25.1 Å². The second-order valence-electron chi connectivity index (χ2n) is 2.73. The van der Waals surface area contributed by atoms with Crippen LogP contribution in [-0.2, 0) is 6.42 Å². The molecule has 0 spiro atoms. The van der Waals surface area contributed by atoms with E-state index in [1.165, 1.54) is 5.56 Å². The first-order valence-electron chi connectivity index (χ1n) is 4.47. The van der Waals surface area contributed by atoms with Gasteiger partial charge in [-0.2, -0.15) is 5.26 Å². The summed E-state index contributed by atoms with van der Waals surface area (Å²) in [6, 6.07) is 7.86. The summed E-state index contributed by atoms with van der Waals surface area (Å²) in [5.74, 6) is 0.683. The molecule has 0 atom stereocenters. The third-order valence-corrected chi connectivity index (χ3v) is 1.87. The topological polar surface area (TPSA) is 33.0 Å². The minimum atomic E-state index is 0.597. The fourth-order valence-electron chi connectivity index (χ4n) is 1.17. The highest BCUT2D eigenvalue weighted by Crippen LogP contribution is 2.19. The summed E-state index contributed by atoms with van der Waals surface area (Å²) >= 11 is 0. The highest BCUT2D eigenvalue weighted by Gasteiger charge is 2.02. The standard InChI is InChI=1S/C11H13NO/c1-3-9-5-6-11(13-4-2)10(7-9)8-12/h5-7H,3-4H2,1-2H3. The molecule has 0 aliphatic carbocycles. The van der Waals surface area contributed by atoms with Gasteiger partial charge in [0.25, 0.3) is 0 Å². The molecule has 1 aromatic carbocycles. The Morgan fingerprint density at radius 1 is 1.38 bits per heavy atom. The minimum absolute atomic E-state index is 0.597. The van der Waals surface area contributed by atoms with Crippen molar-refractivity contribution in [2.75, 3.05) is 6.61 Å². The van der Waals surface area contributed by atoms with E-state index in [1.54, 1.807) is 0 Å². The Hall–Kier alpha value is -1.49. The van der Waals surface area contributed by atoms with Crippen molar-refractivity contribution < 1.29 is 4.74 Å². The van der Waals surface area contributed by atoms with Gasteiger partial charge in [-0.05, 0) is 31.0 Å². The van der Waals surface area contributed by atoms with Crippen LogP contribution in [-0.4, -0.2) is 6.61 Å². The average Bonchev–Trinajstić information content (AvgIpc) is 2.19. The van der Waals surface area contributed by atoms with Crippen LogP contribution in [0.15, 0.2) is 18.2 Å². The summed E-state index contributed by atoms with van der Waals surface area (Å²) < 4.78 is 5.30. The normalized spacial score (nSPS) is 9.31. The van der Waals surface area contributed by atoms with Crippen LogP contribution in [0.25, 0.3) is 0 Å². The molecule has 0 bridgehead atoms. The lowest BCUT2D eigenvalue weighted by molar-refractivity contribution is 0.339. The number of benzene rings is 1. The molecular weight excluding hydrogens is 162 g/mol. The van der Waals surface area contributed by atoms with Gasteiger partial charge in [-0.1, -0.05) is 13.0 Å². The molecule has 0 fully saturated rings. The van der Waals surface area contributed by atoms with Gasteiger partial charge in [0.05, 0.1) is 12.2 Å². The van der Waals surface area contributed by atoms with Gasteiger partial charge >= 0.3 is 0 Å². The molecule has 0 N–H and O–H groups in total. The lowest BCUT2D eigenvalue weighted by atomic mass is 10.1. The molecular formula is C11H13NO. The molecule has 0 heterocycles. The number of hydrogen-bond donors (Lipinski definition) is 0. The number of nitriles is 1. The number of aryl methyl sites for hydroxylation is 1. The third kappa shape index (κ3) is 2.22. The summed E-state index contributed by atoms with van der Waals surface area (Å²) in [6.45, 7) is 4.58. The monoisotopic (exact) mass is 175 g/mol. The molecule has 2 nitrogen and oxygen atoms in total. The Kier molecular flexibility index (Phi) is 3.33. The summed E-state index contributed by atoms with van der Waals surface area (Å²) in [5.41, 5.74) is 1.79. The van der Waals surface area contributed by atoms with Crippen LogP contribution in [0.3, 0.4) is 0 Å². The zero-order valence-electron chi connectivity index (χ0n) is 8.00. The van der Waals surface area contributed by atoms with E-state index >= 15 is 0 Å². The highest BCUT2D eigenvalue weighted by molar-refractivity contribution is 5.45. The van der Waals surface area contributed by atoms with Gasteiger partial charge in [-0.25, -0.2) is 0 Å². The van der Waals surface area contributed by atoms with Crippen LogP contribution >= 0.6 is 0 Å². The molecule has 0 aromatic heterocycles. The van der Waals surface area contributed by atoms with E-state index in [-0.39, 0.29) is 0 Å². The van der Waals surface area contributed by atoms with Gasteiger partial charge in [0.15, 0.2) is 0 Å². The molecule has 0 radical (unpaired) electrons. The summed E-state index contributed by atoms with van der Waals surface area (Å²) in [7, 11) is 0. The van der Waals surface area contributed by atoms with Crippen LogP contribution in [0.4, 0.5) is 0 Å². The maximum atomic E-state index is 8.84. The zero-order valence-corrected chi connectivity index (χ0v) is 8.00. The molecule has 0 saturated heterocycles. The van der Waals surface area contributed by atoms with Crippen LogP contribution < -0.4 is 4.74 Å². The number of hydrogen-bond acceptors (Lipinski definition) is 2. The first kappa shape index (κ1) is 9.60. The Labute approximate surface area is 78.8 Å². The van der Waals surface area contributed by atoms with Crippen molar-refractivity contribution in [2.24, 2.45) is 0 Å². The molecule has 0 aliphatic heterocycles. The van der Waals surface area contributed by atoms with E-state index < -0.39 is 0 Å². The van der Waals surface area contributed by atoms with Crippen molar-refractivity contribution in [1.82, 2.24) is 0 Å². The van der Waals surface area contributed by atoms with Crippen molar-refractivity contribution >= 4 is 0 Å². The Balaban J connectivity index is 3.02. The quantitative estimate of drug-likeness (QED) is 0.707. The van der Waals surface area contributed by atoms with Crippen LogP contribution in [0, 0.1) is 11.3 Å². The molecule has 0 saturated carbocycles. The Morgan fingerprint density at radius 3 is 2.69 bits per heavy atom. The van der Waals surface area contributed by atoms with Crippen molar-refractivity contribution in [2.45, 2.75) is 20.3 Å². The highest BCUT2D eigenvalue weighted by atomic mass is 16.5. The van der Waals surface area contributed by atoms with Gasteiger partial charge in [0, 0.05) is 0 Å². The van der Waals surface area contributed by atoms with Crippen LogP contribution in [0.1, 0.15) is 25.0 Å². The molecule has 0 amide bonds. The maximum Gasteiger partial charge on any atom is 0.137 e. The van der Waals surface area contributed by atoms with Gasteiger partial charge in [0.1, 0.15) is 11.8 Å². The predicted octanol–water partition coefficient (Wildman–Crippen LogP) is 2.52. The van der Waals surface area contributed by atoms with Crippen LogP contribution in [0.5, 0.6) is 5.75 Å². The fraction of sp³-hybridized carbons (Fsp3) is 0.364. The van der Waals surface area contributed by atoms with Gasteiger partial charge in [-0.3, -0.25) is 0 Å². The van der Waals surface area contributed by atoms with Crippen molar-refractivity contribution in [1.29, 1.82) is 5.26 Å². The fourth-order valence-corrected chi connectivity index (χ4v) is 1.17. The lowest BCUT2D eigenvalue weighted by Gasteiger charge is -2.05. The third-order valence-electron chi connectivity index (χ3n) is 1.87. The van der Waals surface area contributed by atoms with Crippen molar-refractivity contribution in [3.63, 3.8) is 0 Å². The smallest absolute Gasteiger partial charge is 0.137 e. The number of nitrogens with zero attached hydrogens (tertiary/aromatic N) is 1. The second kappa shape index (κ2) is 4.51. The molecule has 2 heteroatoms. The van der Waals surface area contributed by atoms with E-state index in [0.29, 0.717) is 17.9 Å². The first-order valence-corrected chi connectivity index (χ1v) is 4.47. The van der Waals surface area contributed by atoms with E-state index in [4.69, 9.17) is 10.00 Å². The minimum Gasteiger partial charge on any atom is -0.492 e. The predicted molar refractivity (Wildman–Crippen MR) is 51.7 cm³/mol. The van der Waals surface area contributed by atoms with E-state index in [0.717, 1.165) is 6.42 Å². The Morgan fingerprint density at radius 2 is 2.15 bits per heavy atom. The SMILES string of the molecule is CCOc1ccc(CC)cc1C#N. The largest absolute Gasteiger partial charge is 0.492 e.